The minimum absolute atomic E-state index is 0.311. The van der Waals surface area contributed by atoms with Gasteiger partial charge in [-0.25, -0.2) is 4.39 Å². The highest BCUT2D eigenvalue weighted by molar-refractivity contribution is 6.30. The Morgan fingerprint density at radius 1 is 1.16 bits per heavy atom. The van der Waals surface area contributed by atoms with E-state index in [-0.39, 0.29) is 11.7 Å². The van der Waals surface area contributed by atoms with E-state index in [1.807, 2.05) is 19.1 Å². The minimum atomic E-state index is -0.381. The van der Waals surface area contributed by atoms with Crippen LogP contribution in [-0.4, -0.2) is 16.1 Å². The molecule has 0 unspecified atom stereocenters. The van der Waals surface area contributed by atoms with Crippen molar-refractivity contribution in [2.45, 2.75) is 19.8 Å². The van der Waals surface area contributed by atoms with Crippen molar-refractivity contribution in [1.82, 2.24) is 10.2 Å². The number of halogens is 2. The number of nitrogens with zero attached hydrogens (tertiary/aromatic N) is 1. The van der Waals surface area contributed by atoms with Crippen molar-refractivity contribution in [3.05, 3.63) is 70.6 Å². The Morgan fingerprint density at radius 2 is 1.84 bits per heavy atom. The lowest BCUT2D eigenvalue weighted by Gasteiger charge is -2.09. The molecular formula is C19H17ClFN3O. The molecule has 0 saturated carbocycles. The average molecular weight is 358 g/mol. The highest BCUT2D eigenvalue weighted by Crippen LogP contribution is 2.30. The molecule has 3 aromatic rings. The van der Waals surface area contributed by atoms with Crippen LogP contribution in [0, 0.1) is 5.82 Å². The van der Waals surface area contributed by atoms with Crippen LogP contribution in [0.2, 0.25) is 5.02 Å². The zero-order valence-electron chi connectivity index (χ0n) is 13.6. The van der Waals surface area contributed by atoms with Gasteiger partial charge in [0.2, 0.25) is 0 Å². The molecule has 0 spiro atoms. The van der Waals surface area contributed by atoms with Gasteiger partial charge in [-0.1, -0.05) is 37.1 Å². The van der Waals surface area contributed by atoms with Crippen molar-refractivity contribution < 1.29 is 9.18 Å². The molecule has 0 aliphatic heterocycles. The Kier molecular flexibility index (Phi) is 5.14. The van der Waals surface area contributed by atoms with E-state index in [1.54, 1.807) is 12.1 Å². The number of rotatable bonds is 5. The van der Waals surface area contributed by atoms with Gasteiger partial charge in [-0.3, -0.25) is 9.89 Å². The molecule has 1 aromatic heterocycles. The second kappa shape index (κ2) is 7.49. The SMILES string of the molecule is CCCc1[nH]nc(-c2ccc(Cl)cc2)c1NC(=O)c1ccc(F)cc1. The van der Waals surface area contributed by atoms with Crippen molar-refractivity contribution in [3.63, 3.8) is 0 Å². The van der Waals surface area contributed by atoms with Gasteiger partial charge in [-0.2, -0.15) is 5.10 Å². The Morgan fingerprint density at radius 3 is 2.48 bits per heavy atom. The fourth-order valence-corrected chi connectivity index (χ4v) is 2.67. The van der Waals surface area contributed by atoms with E-state index in [9.17, 15) is 9.18 Å². The number of anilines is 1. The molecule has 0 saturated heterocycles. The Balaban J connectivity index is 1.95. The van der Waals surface area contributed by atoms with Gasteiger partial charge in [-0.05, 0) is 42.8 Å². The van der Waals surface area contributed by atoms with Crippen molar-refractivity contribution in [1.29, 1.82) is 0 Å². The molecule has 2 N–H and O–H groups in total. The van der Waals surface area contributed by atoms with E-state index in [0.29, 0.717) is 22.0 Å². The Hall–Kier alpha value is -2.66. The first-order valence-corrected chi connectivity index (χ1v) is 8.36. The summed E-state index contributed by atoms with van der Waals surface area (Å²) < 4.78 is 13.1. The third-order valence-electron chi connectivity index (χ3n) is 3.80. The lowest BCUT2D eigenvalue weighted by atomic mass is 10.1. The van der Waals surface area contributed by atoms with Gasteiger partial charge in [0.15, 0.2) is 0 Å². The summed E-state index contributed by atoms with van der Waals surface area (Å²) in [5.74, 6) is -0.692. The first-order valence-electron chi connectivity index (χ1n) is 7.98. The summed E-state index contributed by atoms with van der Waals surface area (Å²) in [6.45, 7) is 2.05. The maximum absolute atomic E-state index is 13.1. The highest BCUT2D eigenvalue weighted by atomic mass is 35.5. The van der Waals surface area contributed by atoms with Gasteiger partial charge in [0, 0.05) is 16.1 Å². The number of amides is 1. The molecule has 1 amide bonds. The Bertz CT molecular complexity index is 873. The summed E-state index contributed by atoms with van der Waals surface area (Å²) in [6.07, 6.45) is 1.65. The fraction of sp³-hybridized carbons (Fsp3) is 0.158. The predicted molar refractivity (Wildman–Crippen MR) is 97.4 cm³/mol. The molecule has 0 bridgehead atoms. The molecule has 0 aliphatic rings. The number of aromatic amines is 1. The van der Waals surface area contributed by atoms with Gasteiger partial charge in [0.1, 0.15) is 11.5 Å². The van der Waals surface area contributed by atoms with Crippen LogP contribution in [0.1, 0.15) is 29.4 Å². The van der Waals surface area contributed by atoms with Crippen molar-refractivity contribution in [2.75, 3.05) is 5.32 Å². The normalized spacial score (nSPS) is 10.7. The van der Waals surface area contributed by atoms with Gasteiger partial charge in [0.25, 0.3) is 5.91 Å². The van der Waals surface area contributed by atoms with E-state index >= 15 is 0 Å². The van der Waals surface area contributed by atoms with Crippen molar-refractivity contribution in [3.8, 4) is 11.3 Å². The van der Waals surface area contributed by atoms with Gasteiger partial charge < -0.3 is 5.32 Å². The summed E-state index contributed by atoms with van der Waals surface area (Å²) >= 11 is 5.94. The van der Waals surface area contributed by atoms with Crippen molar-refractivity contribution in [2.24, 2.45) is 0 Å². The number of benzene rings is 2. The van der Waals surface area contributed by atoms with Crippen molar-refractivity contribution >= 4 is 23.2 Å². The summed E-state index contributed by atoms with van der Waals surface area (Å²) in [5.41, 5.74) is 3.36. The molecule has 25 heavy (non-hydrogen) atoms. The van der Waals surface area contributed by atoms with Gasteiger partial charge in [-0.15, -0.1) is 0 Å². The number of carbonyl (C=O) groups is 1. The molecule has 0 fully saturated rings. The van der Waals surface area contributed by atoms with Crippen LogP contribution in [0.3, 0.4) is 0 Å². The van der Waals surface area contributed by atoms with Crippen LogP contribution in [-0.2, 0) is 6.42 Å². The summed E-state index contributed by atoms with van der Waals surface area (Å²) in [7, 11) is 0. The fourth-order valence-electron chi connectivity index (χ4n) is 2.55. The second-order valence-corrected chi connectivity index (χ2v) is 6.08. The number of carbonyl (C=O) groups excluding carboxylic acids is 1. The molecule has 128 valence electrons. The molecule has 3 rings (SSSR count). The third-order valence-corrected chi connectivity index (χ3v) is 4.06. The third kappa shape index (κ3) is 3.88. The maximum Gasteiger partial charge on any atom is 0.255 e. The first-order chi connectivity index (χ1) is 12.1. The predicted octanol–water partition coefficient (Wildman–Crippen LogP) is 5.07. The molecule has 2 aromatic carbocycles. The highest BCUT2D eigenvalue weighted by Gasteiger charge is 2.17. The van der Waals surface area contributed by atoms with Crippen LogP contribution in [0.5, 0.6) is 0 Å². The molecular weight excluding hydrogens is 341 g/mol. The van der Waals surface area contributed by atoms with Crippen LogP contribution in [0.4, 0.5) is 10.1 Å². The molecule has 4 nitrogen and oxygen atoms in total. The monoisotopic (exact) mass is 357 g/mol. The van der Waals surface area contributed by atoms with E-state index < -0.39 is 0 Å². The standard InChI is InChI=1S/C19H17ClFN3O/c1-2-3-16-18(22-19(25)13-6-10-15(21)11-7-13)17(24-23-16)12-4-8-14(20)9-5-12/h4-11H,2-3H2,1H3,(H,22,25)(H,23,24). The molecule has 6 heteroatoms. The topological polar surface area (TPSA) is 57.8 Å². The number of H-pyrrole nitrogens is 1. The molecule has 0 atom stereocenters. The van der Waals surface area contributed by atoms with E-state index in [0.717, 1.165) is 24.1 Å². The zero-order chi connectivity index (χ0) is 17.8. The number of hydrogen-bond donors (Lipinski definition) is 2. The molecule has 0 radical (unpaired) electrons. The number of hydrogen-bond acceptors (Lipinski definition) is 2. The first kappa shape index (κ1) is 17.2. The van der Waals surface area contributed by atoms with Crippen LogP contribution in [0.15, 0.2) is 48.5 Å². The summed E-state index contributed by atoms with van der Waals surface area (Å²) in [6, 6.07) is 12.7. The average Bonchev–Trinajstić information content (AvgIpc) is 2.99. The summed E-state index contributed by atoms with van der Waals surface area (Å²) in [4.78, 5) is 12.5. The quantitative estimate of drug-likeness (QED) is 0.669. The van der Waals surface area contributed by atoms with Crippen LogP contribution < -0.4 is 5.32 Å². The van der Waals surface area contributed by atoms with E-state index in [2.05, 4.69) is 15.5 Å². The molecule has 1 heterocycles. The number of nitrogens with one attached hydrogen (secondary N) is 2. The van der Waals surface area contributed by atoms with E-state index in [1.165, 1.54) is 24.3 Å². The zero-order valence-corrected chi connectivity index (χ0v) is 14.4. The van der Waals surface area contributed by atoms with Crippen LogP contribution >= 0.6 is 11.6 Å². The smallest absolute Gasteiger partial charge is 0.255 e. The largest absolute Gasteiger partial charge is 0.319 e. The second-order valence-electron chi connectivity index (χ2n) is 5.64. The number of aromatic nitrogens is 2. The Labute approximate surface area is 150 Å². The van der Waals surface area contributed by atoms with Gasteiger partial charge >= 0.3 is 0 Å². The van der Waals surface area contributed by atoms with Crippen LogP contribution in [0.25, 0.3) is 11.3 Å². The van der Waals surface area contributed by atoms with E-state index in [4.69, 9.17) is 11.6 Å². The summed E-state index contributed by atoms with van der Waals surface area (Å²) in [5, 5.41) is 10.9. The minimum Gasteiger partial charge on any atom is -0.319 e. The molecule has 0 aliphatic carbocycles. The lowest BCUT2D eigenvalue weighted by molar-refractivity contribution is 0.102. The lowest BCUT2D eigenvalue weighted by Crippen LogP contribution is -2.13. The number of aryl methyl sites for hydroxylation is 1. The van der Waals surface area contributed by atoms with Gasteiger partial charge in [0.05, 0.1) is 11.4 Å². The maximum atomic E-state index is 13.1.